The maximum Gasteiger partial charge on any atom is 0.304 e. The van der Waals surface area contributed by atoms with Crippen molar-refractivity contribution in [2.45, 2.75) is 71.1 Å². The molecule has 0 aromatic heterocycles. The van der Waals surface area contributed by atoms with Crippen LogP contribution >= 0.6 is 0 Å². The molecule has 0 fully saturated rings. The summed E-state index contributed by atoms with van der Waals surface area (Å²) in [6.07, 6.45) is 13.8. The summed E-state index contributed by atoms with van der Waals surface area (Å²) < 4.78 is 10.3. The van der Waals surface area contributed by atoms with E-state index in [1.807, 2.05) is 0 Å². The van der Waals surface area contributed by atoms with Crippen molar-refractivity contribution in [1.29, 1.82) is 0 Å². The first-order chi connectivity index (χ1) is 7.91. The highest BCUT2D eigenvalue weighted by atomic mass is 28.3. The Labute approximate surface area is 104 Å². The summed E-state index contributed by atoms with van der Waals surface area (Å²) >= 11 is 0. The molecule has 0 rings (SSSR count). The van der Waals surface area contributed by atoms with Crippen LogP contribution in [0.5, 0.6) is 0 Å². The van der Waals surface area contributed by atoms with Gasteiger partial charge in [0, 0.05) is 13.7 Å². The van der Waals surface area contributed by atoms with Crippen LogP contribution in [0.15, 0.2) is 0 Å². The summed E-state index contributed by atoms with van der Waals surface area (Å²) in [5.41, 5.74) is 0. The molecule has 0 aliphatic carbocycles. The molecule has 0 saturated carbocycles. The molecule has 0 aromatic carbocycles. The molecule has 0 aromatic rings. The van der Waals surface area contributed by atoms with Gasteiger partial charge in [-0.25, -0.2) is 0 Å². The zero-order valence-electron chi connectivity index (χ0n) is 11.3. The van der Waals surface area contributed by atoms with E-state index in [0.29, 0.717) is 0 Å². The molecule has 0 atom stereocenters. The fourth-order valence-corrected chi connectivity index (χ4v) is 2.32. The fourth-order valence-electron chi connectivity index (χ4n) is 1.83. The largest absolute Gasteiger partial charge is 0.402 e. The average molecular weight is 246 g/mol. The quantitative estimate of drug-likeness (QED) is 0.365. The number of hydrogen-bond donors (Lipinski definition) is 0. The van der Waals surface area contributed by atoms with Crippen LogP contribution in [-0.2, 0) is 8.85 Å². The highest BCUT2D eigenvalue weighted by Crippen LogP contribution is 2.10. The van der Waals surface area contributed by atoms with E-state index < -0.39 is 10.0 Å². The monoisotopic (exact) mass is 246 g/mol. The Hall–Kier alpha value is 0.137. The van der Waals surface area contributed by atoms with E-state index in [1.165, 1.54) is 64.2 Å². The first kappa shape index (κ1) is 16.1. The minimum atomic E-state index is -0.634. The Bertz CT molecular complexity index is 107. The summed E-state index contributed by atoms with van der Waals surface area (Å²) in [6.45, 7) is 3.19. The third-order valence-corrected chi connectivity index (χ3v) is 3.53. The Morgan fingerprint density at radius 1 is 0.750 bits per heavy atom. The van der Waals surface area contributed by atoms with Crippen molar-refractivity contribution >= 4 is 10.0 Å². The van der Waals surface area contributed by atoms with Crippen molar-refractivity contribution in [3.05, 3.63) is 0 Å². The van der Waals surface area contributed by atoms with Crippen LogP contribution in [0.3, 0.4) is 0 Å². The van der Waals surface area contributed by atoms with E-state index in [-0.39, 0.29) is 0 Å². The lowest BCUT2D eigenvalue weighted by atomic mass is 10.1. The molecule has 16 heavy (non-hydrogen) atoms. The van der Waals surface area contributed by atoms with Gasteiger partial charge in [-0.1, -0.05) is 64.7 Å². The van der Waals surface area contributed by atoms with Crippen molar-refractivity contribution in [2.75, 3.05) is 13.7 Å². The molecule has 2 nitrogen and oxygen atoms in total. The highest BCUT2D eigenvalue weighted by molar-refractivity contribution is 6.17. The number of rotatable bonds is 13. The fraction of sp³-hybridized carbons (Fsp3) is 1.00. The van der Waals surface area contributed by atoms with Gasteiger partial charge in [0.2, 0.25) is 0 Å². The first-order valence-corrected chi connectivity index (χ1v) is 8.14. The molecule has 0 aliphatic rings. The van der Waals surface area contributed by atoms with Gasteiger partial charge in [0.15, 0.2) is 0 Å². The van der Waals surface area contributed by atoms with E-state index in [0.717, 1.165) is 6.61 Å². The second kappa shape index (κ2) is 15.1. The zero-order valence-corrected chi connectivity index (χ0v) is 12.7. The number of unbranched alkanes of at least 4 members (excludes halogenated alkanes) is 9. The third kappa shape index (κ3) is 14.1. The van der Waals surface area contributed by atoms with Gasteiger partial charge in [-0.2, -0.15) is 0 Å². The van der Waals surface area contributed by atoms with Gasteiger partial charge in [-0.3, -0.25) is 0 Å². The molecule has 98 valence electrons. The molecule has 0 aliphatic heterocycles. The molecule has 3 heteroatoms. The van der Waals surface area contributed by atoms with Gasteiger partial charge in [0.25, 0.3) is 0 Å². The Kier molecular flexibility index (Phi) is 15.3. The molecule has 0 saturated heterocycles. The van der Waals surface area contributed by atoms with Crippen LogP contribution in [0.25, 0.3) is 0 Å². The SMILES string of the molecule is CCCCCCCCCCCCO[SiH2]OC. The molecule has 0 heterocycles. The molecular formula is C13H30O2Si. The summed E-state index contributed by atoms with van der Waals surface area (Å²) in [5, 5.41) is 0. The second-order valence-corrected chi connectivity index (χ2v) is 5.72. The lowest BCUT2D eigenvalue weighted by Crippen LogP contribution is -2.02. The molecule has 0 radical (unpaired) electrons. The molecule has 0 unspecified atom stereocenters. The van der Waals surface area contributed by atoms with Crippen LogP contribution in [0, 0.1) is 0 Å². The van der Waals surface area contributed by atoms with E-state index in [9.17, 15) is 0 Å². The molecule has 0 N–H and O–H groups in total. The van der Waals surface area contributed by atoms with Crippen LogP contribution in [0.1, 0.15) is 71.1 Å². The van der Waals surface area contributed by atoms with E-state index in [1.54, 1.807) is 7.11 Å². The van der Waals surface area contributed by atoms with E-state index in [2.05, 4.69) is 6.92 Å². The second-order valence-electron chi connectivity index (χ2n) is 4.50. The van der Waals surface area contributed by atoms with Crippen molar-refractivity contribution in [1.82, 2.24) is 0 Å². The Balaban J connectivity index is 2.83. The minimum absolute atomic E-state index is 0.634. The lowest BCUT2D eigenvalue weighted by molar-refractivity contribution is 0.249. The maximum atomic E-state index is 5.37. The van der Waals surface area contributed by atoms with Crippen molar-refractivity contribution in [3.63, 3.8) is 0 Å². The van der Waals surface area contributed by atoms with E-state index in [4.69, 9.17) is 8.85 Å². The average Bonchev–Trinajstić information content (AvgIpc) is 2.31. The highest BCUT2D eigenvalue weighted by Gasteiger charge is 1.92. The van der Waals surface area contributed by atoms with Gasteiger partial charge in [-0.15, -0.1) is 0 Å². The van der Waals surface area contributed by atoms with Crippen molar-refractivity contribution < 1.29 is 8.85 Å². The standard InChI is InChI=1S/C13H30O2Si/c1-3-4-5-6-7-8-9-10-11-12-13-15-16-14-2/h3-13,16H2,1-2H3. The lowest BCUT2D eigenvalue weighted by Gasteiger charge is -2.03. The molecule has 0 bridgehead atoms. The predicted molar refractivity (Wildman–Crippen MR) is 73.3 cm³/mol. The van der Waals surface area contributed by atoms with Crippen LogP contribution in [0.4, 0.5) is 0 Å². The topological polar surface area (TPSA) is 18.5 Å². The summed E-state index contributed by atoms with van der Waals surface area (Å²) in [6, 6.07) is 0. The Morgan fingerprint density at radius 2 is 1.25 bits per heavy atom. The van der Waals surface area contributed by atoms with Crippen molar-refractivity contribution in [2.24, 2.45) is 0 Å². The maximum absolute atomic E-state index is 5.37. The van der Waals surface area contributed by atoms with Crippen LogP contribution in [-0.4, -0.2) is 23.7 Å². The first-order valence-electron chi connectivity index (χ1n) is 6.98. The van der Waals surface area contributed by atoms with Gasteiger partial charge < -0.3 is 8.85 Å². The van der Waals surface area contributed by atoms with Crippen LogP contribution < -0.4 is 0 Å². The van der Waals surface area contributed by atoms with Crippen molar-refractivity contribution in [3.8, 4) is 0 Å². The Morgan fingerprint density at radius 3 is 1.75 bits per heavy atom. The summed E-state index contributed by atoms with van der Waals surface area (Å²) in [5.74, 6) is 0. The minimum Gasteiger partial charge on any atom is -0.402 e. The third-order valence-electron chi connectivity index (χ3n) is 2.84. The normalized spacial score (nSPS) is 11.6. The van der Waals surface area contributed by atoms with Gasteiger partial charge in [-0.05, 0) is 6.42 Å². The molecular weight excluding hydrogens is 216 g/mol. The van der Waals surface area contributed by atoms with Gasteiger partial charge >= 0.3 is 10.0 Å². The van der Waals surface area contributed by atoms with E-state index >= 15 is 0 Å². The van der Waals surface area contributed by atoms with Gasteiger partial charge in [0.1, 0.15) is 0 Å². The predicted octanol–water partition coefficient (Wildman–Crippen LogP) is 3.57. The summed E-state index contributed by atoms with van der Waals surface area (Å²) in [4.78, 5) is 0. The molecule has 0 spiro atoms. The van der Waals surface area contributed by atoms with Crippen LogP contribution in [0.2, 0.25) is 0 Å². The smallest absolute Gasteiger partial charge is 0.304 e. The summed E-state index contributed by atoms with van der Waals surface area (Å²) in [7, 11) is 1.09. The molecule has 0 amide bonds. The number of hydrogen-bond acceptors (Lipinski definition) is 2. The zero-order chi connectivity index (χ0) is 11.9. The van der Waals surface area contributed by atoms with Gasteiger partial charge in [0.05, 0.1) is 0 Å².